The zero-order chi connectivity index (χ0) is 19.6. The summed E-state index contributed by atoms with van der Waals surface area (Å²) < 4.78 is 5.45. The molecule has 7 nitrogen and oxygen atoms in total. The second-order valence-electron chi connectivity index (χ2n) is 6.61. The number of nitrogens with zero attached hydrogens (tertiary/aromatic N) is 1. The van der Waals surface area contributed by atoms with E-state index in [0.29, 0.717) is 11.3 Å². The van der Waals surface area contributed by atoms with Gasteiger partial charge in [0.25, 0.3) is 0 Å². The zero-order valence-electron chi connectivity index (χ0n) is 14.3. The maximum atomic E-state index is 13.4. The molecule has 7 heteroatoms. The number of ketones is 2. The van der Waals surface area contributed by atoms with E-state index in [2.05, 4.69) is 5.32 Å². The van der Waals surface area contributed by atoms with E-state index in [0.717, 1.165) is 0 Å². The van der Waals surface area contributed by atoms with Crippen LogP contribution < -0.4 is 11.1 Å². The molecule has 0 radical (unpaired) electrons. The summed E-state index contributed by atoms with van der Waals surface area (Å²) in [5.74, 6) is -2.40. The van der Waals surface area contributed by atoms with Crippen molar-refractivity contribution in [3.63, 3.8) is 0 Å². The van der Waals surface area contributed by atoms with Crippen molar-refractivity contribution in [1.29, 1.82) is 5.26 Å². The molecule has 0 unspecified atom stereocenters. The van der Waals surface area contributed by atoms with Gasteiger partial charge in [0.15, 0.2) is 11.5 Å². The molecule has 2 aromatic carbocycles. The molecule has 1 aliphatic carbocycles. The molecule has 0 bridgehead atoms. The first kappa shape index (κ1) is 16.0. The molecule has 1 amide bonds. The summed E-state index contributed by atoms with van der Waals surface area (Å²) in [5.41, 5.74) is 4.89. The highest BCUT2D eigenvalue weighted by Gasteiger charge is 2.61. The number of fused-ring (bicyclic) bond motifs is 4. The average Bonchev–Trinajstić information content (AvgIpc) is 2.99. The van der Waals surface area contributed by atoms with Crippen LogP contribution in [0.15, 0.2) is 71.3 Å². The van der Waals surface area contributed by atoms with Crippen molar-refractivity contribution in [2.45, 2.75) is 5.41 Å². The fraction of sp³-hybridized carbons (Fsp3) is 0.0476. The van der Waals surface area contributed by atoms with Crippen LogP contribution in [0.4, 0.5) is 5.69 Å². The number of hydrogen-bond acceptors (Lipinski definition) is 6. The molecule has 2 aromatic rings. The summed E-state index contributed by atoms with van der Waals surface area (Å²) in [6.45, 7) is 0. The zero-order valence-corrected chi connectivity index (χ0v) is 14.3. The van der Waals surface area contributed by atoms with E-state index in [1.165, 1.54) is 12.1 Å². The number of nitriles is 1. The van der Waals surface area contributed by atoms with Crippen molar-refractivity contribution in [1.82, 2.24) is 0 Å². The summed E-state index contributed by atoms with van der Waals surface area (Å²) in [7, 11) is 0. The molecule has 2 aliphatic heterocycles. The van der Waals surface area contributed by atoms with Crippen molar-refractivity contribution >= 4 is 23.2 Å². The van der Waals surface area contributed by atoms with Crippen molar-refractivity contribution in [2.75, 3.05) is 5.32 Å². The molecule has 5 rings (SSSR count). The summed E-state index contributed by atoms with van der Waals surface area (Å²) in [6, 6.07) is 14.9. The normalized spacial score (nSPS) is 22.3. The lowest BCUT2D eigenvalue weighted by atomic mass is 9.64. The molecular weight excluding hydrogens is 358 g/mol. The van der Waals surface area contributed by atoms with Crippen LogP contribution in [0.3, 0.4) is 0 Å². The van der Waals surface area contributed by atoms with Crippen LogP contribution >= 0.6 is 0 Å². The number of Topliss-reactive ketones (excluding diaryl/α,β-unsaturated/α-hetero) is 2. The van der Waals surface area contributed by atoms with Crippen molar-refractivity contribution in [3.8, 4) is 6.07 Å². The number of carbonyl (C=O) groups is 3. The largest absolute Gasteiger partial charge is 0.436 e. The van der Waals surface area contributed by atoms with Crippen molar-refractivity contribution in [2.24, 2.45) is 5.73 Å². The third kappa shape index (κ3) is 1.65. The SMILES string of the molecule is N#CC1=C(N)OC2=C(C(=O)c3ccccc3C2=O)[C@@]12C(=O)Nc1ccccc12. The van der Waals surface area contributed by atoms with E-state index in [9.17, 15) is 19.6 Å². The molecule has 3 aliphatic rings. The Kier molecular flexibility index (Phi) is 2.96. The Morgan fingerprint density at radius 3 is 2.32 bits per heavy atom. The number of hydrogen-bond donors (Lipinski definition) is 2. The summed E-state index contributed by atoms with van der Waals surface area (Å²) >= 11 is 0. The van der Waals surface area contributed by atoms with Gasteiger partial charge in [0.1, 0.15) is 17.1 Å². The Balaban J connectivity index is 1.92. The highest BCUT2D eigenvalue weighted by atomic mass is 16.5. The molecule has 1 spiro atoms. The standard InChI is InChI=1S/C21H11N3O4/c22-9-13-19(23)28-18-15(16(25)10-5-1-2-6-11(10)17(18)26)21(13)12-7-3-4-8-14(12)24-20(21)27/h1-8H,23H2,(H,24,27)/t21-/m0/s1. The molecule has 0 aromatic heterocycles. The number of nitrogens with two attached hydrogens (primary N) is 1. The molecule has 0 saturated heterocycles. The van der Waals surface area contributed by atoms with Gasteiger partial charge in [0.05, 0.1) is 5.57 Å². The van der Waals surface area contributed by atoms with Gasteiger partial charge in [-0.1, -0.05) is 42.5 Å². The molecule has 3 N–H and O–H groups in total. The fourth-order valence-electron chi connectivity index (χ4n) is 4.15. The molecule has 0 saturated carbocycles. The lowest BCUT2D eigenvalue weighted by molar-refractivity contribution is -0.118. The van der Waals surface area contributed by atoms with E-state index in [-0.39, 0.29) is 33.9 Å². The van der Waals surface area contributed by atoms with Crippen LogP contribution in [0.25, 0.3) is 0 Å². The molecule has 2 heterocycles. The number of ether oxygens (including phenoxy) is 1. The highest BCUT2D eigenvalue weighted by Crippen LogP contribution is 2.53. The van der Waals surface area contributed by atoms with E-state index in [4.69, 9.17) is 10.5 Å². The first-order chi connectivity index (χ1) is 13.5. The second-order valence-corrected chi connectivity index (χ2v) is 6.61. The molecule has 28 heavy (non-hydrogen) atoms. The number of rotatable bonds is 0. The summed E-state index contributed by atoms with van der Waals surface area (Å²) in [6.07, 6.45) is 0. The summed E-state index contributed by atoms with van der Waals surface area (Å²) in [5, 5.41) is 12.5. The number of anilines is 1. The Labute approximate surface area is 158 Å². The minimum atomic E-state index is -1.83. The van der Waals surface area contributed by atoms with Crippen molar-refractivity contribution in [3.05, 3.63) is 88.0 Å². The van der Waals surface area contributed by atoms with E-state index >= 15 is 0 Å². The second kappa shape index (κ2) is 5.18. The van der Waals surface area contributed by atoms with Crippen LogP contribution in [0, 0.1) is 11.3 Å². The van der Waals surface area contributed by atoms with Crippen LogP contribution in [0.5, 0.6) is 0 Å². The lowest BCUT2D eigenvalue weighted by Crippen LogP contribution is -2.47. The Morgan fingerprint density at radius 1 is 0.964 bits per heavy atom. The van der Waals surface area contributed by atoms with Gasteiger partial charge in [0.2, 0.25) is 17.6 Å². The van der Waals surface area contributed by atoms with Gasteiger partial charge in [-0.3, -0.25) is 14.4 Å². The molecule has 1 atom stereocenters. The number of amides is 1. The average molecular weight is 369 g/mol. The third-order valence-corrected chi connectivity index (χ3v) is 5.32. The minimum Gasteiger partial charge on any atom is -0.436 e. The van der Waals surface area contributed by atoms with Gasteiger partial charge in [-0.2, -0.15) is 5.26 Å². The predicted octanol–water partition coefficient (Wildman–Crippen LogP) is 1.93. The number of para-hydroxylation sites is 1. The van der Waals surface area contributed by atoms with E-state index in [1.807, 2.05) is 6.07 Å². The first-order valence-electron chi connectivity index (χ1n) is 8.44. The van der Waals surface area contributed by atoms with Crippen molar-refractivity contribution < 1.29 is 19.1 Å². The summed E-state index contributed by atoms with van der Waals surface area (Å²) in [4.78, 5) is 39.7. The smallest absolute Gasteiger partial charge is 0.245 e. The number of allylic oxidation sites excluding steroid dienone is 1. The molecule has 0 fully saturated rings. The number of carbonyl (C=O) groups excluding carboxylic acids is 3. The maximum absolute atomic E-state index is 13.4. The van der Waals surface area contributed by atoms with Gasteiger partial charge in [-0.15, -0.1) is 0 Å². The number of nitrogens with one attached hydrogen (secondary N) is 1. The third-order valence-electron chi connectivity index (χ3n) is 5.32. The Morgan fingerprint density at radius 2 is 1.61 bits per heavy atom. The van der Waals surface area contributed by atoms with Crippen LogP contribution in [-0.2, 0) is 14.9 Å². The van der Waals surface area contributed by atoms with Gasteiger partial charge in [0, 0.05) is 22.4 Å². The lowest BCUT2D eigenvalue weighted by Gasteiger charge is -2.36. The van der Waals surface area contributed by atoms with Gasteiger partial charge in [-0.05, 0) is 6.07 Å². The highest BCUT2D eigenvalue weighted by molar-refractivity contribution is 6.31. The van der Waals surface area contributed by atoms with Gasteiger partial charge < -0.3 is 15.8 Å². The van der Waals surface area contributed by atoms with Crippen LogP contribution in [0.2, 0.25) is 0 Å². The quantitative estimate of drug-likeness (QED) is 0.732. The Hall–Kier alpha value is -4.18. The maximum Gasteiger partial charge on any atom is 0.245 e. The van der Waals surface area contributed by atoms with Gasteiger partial charge in [-0.25, -0.2) is 0 Å². The molecular formula is C21H11N3O4. The predicted molar refractivity (Wildman–Crippen MR) is 96.8 cm³/mol. The fourth-order valence-corrected chi connectivity index (χ4v) is 4.15. The van der Waals surface area contributed by atoms with Crippen LogP contribution in [-0.4, -0.2) is 17.5 Å². The number of benzene rings is 2. The van der Waals surface area contributed by atoms with E-state index in [1.54, 1.807) is 36.4 Å². The Bertz CT molecular complexity index is 1250. The van der Waals surface area contributed by atoms with Crippen LogP contribution in [0.1, 0.15) is 26.3 Å². The molecule has 134 valence electrons. The monoisotopic (exact) mass is 369 g/mol. The topological polar surface area (TPSA) is 122 Å². The first-order valence-corrected chi connectivity index (χ1v) is 8.44. The van der Waals surface area contributed by atoms with E-state index < -0.39 is 22.9 Å². The van der Waals surface area contributed by atoms with Gasteiger partial charge >= 0.3 is 0 Å². The minimum absolute atomic E-state index is 0.157.